The standard InChI is InChI=1S/C42H45ClF2N6O5/c1-24-26(7-5-8-27(24)38-48-30-19-25(22-52)33(56-40(44)45)20-34(30)55-38)28-9-6-10-29(35(28)43)47-37(53)36-46-31-21-51(17-11-32(31)50(36)4)18-16-41-12-14-42(23-41,15-13-41)39(54)49(2)3/h5-10,19-20,40,52H,11-18,21-23H2,1-4H3,(H,47,53). The van der Waals surface area contributed by atoms with Gasteiger partial charge in [0.05, 0.1) is 23.0 Å². The zero-order valence-corrected chi connectivity index (χ0v) is 32.7. The molecule has 0 unspecified atom stereocenters. The van der Waals surface area contributed by atoms with Gasteiger partial charge in [0, 0.05) is 74.5 Å². The number of oxazole rings is 1. The molecule has 2 aliphatic carbocycles. The average molecular weight is 787 g/mol. The summed E-state index contributed by atoms with van der Waals surface area (Å²) in [5.74, 6) is 0.314. The van der Waals surface area contributed by atoms with E-state index in [1.807, 2.05) is 63.0 Å². The second-order valence-electron chi connectivity index (χ2n) is 15.9. The second-order valence-corrected chi connectivity index (χ2v) is 16.3. The molecular formula is C42H45ClF2N6O5. The molecule has 2 saturated carbocycles. The summed E-state index contributed by atoms with van der Waals surface area (Å²) >= 11 is 7.01. The molecule has 11 nitrogen and oxygen atoms in total. The van der Waals surface area contributed by atoms with Gasteiger partial charge in [-0.25, -0.2) is 9.97 Å². The Bertz CT molecular complexity index is 2350. The first kappa shape index (κ1) is 38.0. The van der Waals surface area contributed by atoms with Crippen LogP contribution >= 0.6 is 11.6 Å². The van der Waals surface area contributed by atoms with Crippen molar-refractivity contribution in [2.75, 3.05) is 32.5 Å². The summed E-state index contributed by atoms with van der Waals surface area (Å²) in [5.41, 5.74) is 6.14. The van der Waals surface area contributed by atoms with Gasteiger partial charge in [-0.2, -0.15) is 8.78 Å². The van der Waals surface area contributed by atoms with Crippen LogP contribution in [0, 0.1) is 17.8 Å². The largest absolute Gasteiger partial charge is 0.436 e. The van der Waals surface area contributed by atoms with Gasteiger partial charge >= 0.3 is 6.61 Å². The maximum absolute atomic E-state index is 13.8. The molecule has 2 fully saturated rings. The van der Waals surface area contributed by atoms with E-state index in [-0.39, 0.29) is 45.4 Å². The van der Waals surface area contributed by atoms with Gasteiger partial charge in [-0.05, 0) is 86.7 Å². The molecule has 2 amide bonds. The van der Waals surface area contributed by atoms with Crippen molar-refractivity contribution in [3.63, 3.8) is 0 Å². The lowest BCUT2D eigenvalue weighted by Gasteiger charge is -2.32. The summed E-state index contributed by atoms with van der Waals surface area (Å²) in [4.78, 5) is 40.4. The fourth-order valence-electron chi connectivity index (χ4n) is 9.42. The number of imidazole rings is 1. The molecule has 56 heavy (non-hydrogen) atoms. The molecule has 5 aromatic rings. The smallest absolute Gasteiger partial charge is 0.387 e. The Morgan fingerprint density at radius 1 is 1.07 bits per heavy atom. The molecule has 294 valence electrons. The number of nitrogens with zero attached hydrogens (tertiary/aromatic N) is 5. The Morgan fingerprint density at radius 2 is 1.80 bits per heavy atom. The van der Waals surface area contributed by atoms with Crippen LogP contribution in [0.2, 0.25) is 5.02 Å². The van der Waals surface area contributed by atoms with E-state index in [0.717, 1.165) is 80.6 Å². The van der Waals surface area contributed by atoms with Crippen molar-refractivity contribution in [3.8, 4) is 28.3 Å². The minimum absolute atomic E-state index is 0.163. The van der Waals surface area contributed by atoms with Crippen molar-refractivity contribution in [3.05, 3.63) is 81.9 Å². The van der Waals surface area contributed by atoms with Crippen molar-refractivity contribution in [1.82, 2.24) is 24.3 Å². The first-order valence-corrected chi connectivity index (χ1v) is 19.4. The van der Waals surface area contributed by atoms with Gasteiger partial charge < -0.3 is 29.0 Å². The zero-order valence-electron chi connectivity index (χ0n) is 31.9. The van der Waals surface area contributed by atoms with E-state index in [1.165, 1.54) is 12.1 Å². The van der Waals surface area contributed by atoms with E-state index in [1.54, 1.807) is 11.0 Å². The third-order valence-electron chi connectivity index (χ3n) is 12.4. The summed E-state index contributed by atoms with van der Waals surface area (Å²) in [6, 6.07) is 13.8. The van der Waals surface area contributed by atoms with Gasteiger partial charge in [-0.3, -0.25) is 14.5 Å². The minimum atomic E-state index is -3.06. The van der Waals surface area contributed by atoms with Crippen LogP contribution in [0.1, 0.15) is 71.7 Å². The van der Waals surface area contributed by atoms with Gasteiger partial charge in [-0.15, -0.1) is 0 Å². The fraction of sp³-hybridized carbons (Fsp3) is 0.429. The molecule has 3 aromatic carbocycles. The molecule has 0 radical (unpaired) electrons. The predicted octanol–water partition coefficient (Wildman–Crippen LogP) is 7.99. The summed E-state index contributed by atoms with van der Waals surface area (Å²) in [6.07, 6.45) is 7.07. The van der Waals surface area contributed by atoms with E-state index < -0.39 is 13.2 Å². The number of aliphatic hydroxyl groups is 1. The van der Waals surface area contributed by atoms with Crippen LogP contribution in [0.3, 0.4) is 0 Å². The molecule has 1 aliphatic heterocycles. The van der Waals surface area contributed by atoms with Gasteiger partial charge in [-0.1, -0.05) is 35.9 Å². The summed E-state index contributed by atoms with van der Waals surface area (Å²) in [7, 11) is 5.61. The van der Waals surface area contributed by atoms with Crippen LogP contribution in [0.5, 0.6) is 5.75 Å². The van der Waals surface area contributed by atoms with E-state index in [0.29, 0.717) is 39.7 Å². The Hall–Kier alpha value is -4.85. The quantitative estimate of drug-likeness (QED) is 0.138. The number of nitrogens with one attached hydrogen (secondary N) is 1. The van der Waals surface area contributed by atoms with Crippen LogP contribution in [-0.4, -0.2) is 75.1 Å². The summed E-state index contributed by atoms with van der Waals surface area (Å²) in [6.45, 7) is 0.834. The number of hydrogen-bond acceptors (Lipinski definition) is 8. The average Bonchev–Trinajstić information content (AvgIpc) is 3.95. The number of carbonyl (C=O) groups is 2. The fourth-order valence-corrected chi connectivity index (χ4v) is 9.70. The molecule has 2 bridgehead atoms. The number of anilines is 1. The van der Waals surface area contributed by atoms with Crippen molar-refractivity contribution in [2.45, 2.75) is 71.6 Å². The number of aliphatic hydroxyl groups excluding tert-OH is 1. The molecule has 14 heteroatoms. The van der Waals surface area contributed by atoms with Gasteiger partial charge in [0.2, 0.25) is 11.8 Å². The summed E-state index contributed by atoms with van der Waals surface area (Å²) in [5, 5.41) is 13.1. The monoisotopic (exact) mass is 786 g/mol. The maximum atomic E-state index is 13.8. The lowest BCUT2D eigenvalue weighted by molar-refractivity contribution is -0.139. The van der Waals surface area contributed by atoms with E-state index in [2.05, 4.69) is 19.9 Å². The van der Waals surface area contributed by atoms with Crippen LogP contribution in [0.4, 0.5) is 14.5 Å². The lowest BCUT2D eigenvalue weighted by atomic mass is 9.79. The molecule has 2 aromatic heterocycles. The highest BCUT2D eigenvalue weighted by Crippen LogP contribution is 2.63. The first-order chi connectivity index (χ1) is 26.8. The highest BCUT2D eigenvalue weighted by Gasteiger charge is 2.57. The predicted molar refractivity (Wildman–Crippen MR) is 209 cm³/mol. The zero-order chi connectivity index (χ0) is 39.5. The van der Waals surface area contributed by atoms with Crippen molar-refractivity contribution in [2.24, 2.45) is 17.9 Å². The van der Waals surface area contributed by atoms with Crippen LogP contribution < -0.4 is 10.1 Å². The summed E-state index contributed by atoms with van der Waals surface area (Å²) < 4.78 is 38.4. The molecular weight excluding hydrogens is 742 g/mol. The van der Waals surface area contributed by atoms with Crippen LogP contribution in [-0.2, 0) is 31.4 Å². The SMILES string of the molecule is Cc1c(-c2nc3cc(CO)c(OC(F)F)cc3o2)cccc1-c1cccc(NC(=O)c2nc3c(n2C)CCN(CCC24CCC(C(=O)N(C)C)(CC2)C4)C3)c1Cl. The number of amides is 2. The minimum Gasteiger partial charge on any atom is -0.436 e. The Morgan fingerprint density at radius 3 is 2.54 bits per heavy atom. The number of benzene rings is 3. The lowest BCUT2D eigenvalue weighted by Crippen LogP contribution is -2.37. The molecule has 2 N–H and O–H groups in total. The number of ether oxygens (including phenoxy) is 1. The number of halogens is 3. The van der Waals surface area contributed by atoms with Crippen molar-refractivity contribution < 1.29 is 32.6 Å². The van der Waals surface area contributed by atoms with Crippen molar-refractivity contribution in [1.29, 1.82) is 0 Å². The number of carbonyl (C=O) groups excluding carboxylic acids is 2. The molecule has 3 aliphatic rings. The normalized spacial score (nSPS) is 20.5. The van der Waals surface area contributed by atoms with Crippen LogP contribution in [0.25, 0.3) is 33.7 Å². The topological polar surface area (TPSA) is 126 Å². The third kappa shape index (κ3) is 6.73. The van der Waals surface area contributed by atoms with Gasteiger partial charge in [0.1, 0.15) is 11.3 Å². The molecule has 0 spiro atoms. The molecule has 3 heterocycles. The van der Waals surface area contributed by atoms with Gasteiger partial charge in [0.15, 0.2) is 11.4 Å². The Balaban J connectivity index is 0.972. The van der Waals surface area contributed by atoms with Gasteiger partial charge in [0.25, 0.3) is 5.91 Å². The van der Waals surface area contributed by atoms with E-state index >= 15 is 0 Å². The van der Waals surface area contributed by atoms with Crippen LogP contribution in [0.15, 0.2) is 52.9 Å². The number of fused-ring (bicyclic) bond motifs is 4. The number of aromatic nitrogens is 3. The third-order valence-corrected chi connectivity index (χ3v) is 12.8. The second kappa shape index (κ2) is 14.6. The highest BCUT2D eigenvalue weighted by atomic mass is 35.5. The molecule has 0 atom stereocenters. The first-order valence-electron chi connectivity index (χ1n) is 19.0. The maximum Gasteiger partial charge on any atom is 0.387 e. The number of hydrogen-bond donors (Lipinski definition) is 2. The Kier molecular flexibility index (Phi) is 9.91. The van der Waals surface area contributed by atoms with E-state index in [4.69, 9.17) is 21.0 Å². The number of alkyl halides is 2. The Labute approximate surface area is 328 Å². The van der Waals surface area contributed by atoms with E-state index in [9.17, 15) is 23.5 Å². The van der Waals surface area contributed by atoms with Crippen molar-refractivity contribution >= 4 is 40.2 Å². The highest BCUT2D eigenvalue weighted by molar-refractivity contribution is 6.36. The molecule has 0 saturated heterocycles. The number of rotatable bonds is 11. The molecule has 8 rings (SSSR count).